The molecule has 3 aromatic rings. The topological polar surface area (TPSA) is 47.3 Å². The lowest BCUT2D eigenvalue weighted by Crippen LogP contribution is -1.96. The Hall–Kier alpha value is -2.82. The van der Waals surface area contributed by atoms with Crippen LogP contribution in [-0.4, -0.2) is 14.9 Å². The lowest BCUT2D eigenvalue weighted by atomic mass is 10.3. The minimum atomic E-state index is -0.355. The lowest BCUT2D eigenvalue weighted by Gasteiger charge is -2.03. The second kappa shape index (κ2) is 5.05. The van der Waals surface area contributed by atoms with Crippen LogP contribution in [-0.2, 0) is 0 Å². The van der Waals surface area contributed by atoms with Crippen molar-refractivity contribution in [1.29, 1.82) is 0 Å². The quantitative estimate of drug-likeness (QED) is 0.792. The highest BCUT2D eigenvalue weighted by molar-refractivity contribution is 5.36. The molecule has 0 saturated heterocycles. The zero-order valence-electron chi connectivity index (χ0n) is 10.4. The number of ether oxygens (including phenoxy) is 1. The summed E-state index contributed by atoms with van der Waals surface area (Å²) < 4.78 is 20.6. The van der Waals surface area contributed by atoms with Gasteiger partial charge < -0.3 is 9.84 Å². The van der Waals surface area contributed by atoms with Gasteiger partial charge in [0.25, 0.3) is 0 Å². The van der Waals surface area contributed by atoms with Gasteiger partial charge in [-0.1, -0.05) is 12.1 Å². The summed E-state index contributed by atoms with van der Waals surface area (Å²) in [6.45, 7) is 0. The van der Waals surface area contributed by atoms with Gasteiger partial charge in [0, 0.05) is 0 Å². The molecule has 2 aromatic carbocycles. The molecule has 0 aliphatic rings. The van der Waals surface area contributed by atoms with Crippen LogP contribution in [0.4, 0.5) is 4.39 Å². The van der Waals surface area contributed by atoms with Gasteiger partial charge >= 0.3 is 0 Å². The van der Waals surface area contributed by atoms with E-state index in [1.165, 1.54) is 29.1 Å². The number of hydrogen-bond donors (Lipinski definition) is 1. The molecule has 1 heterocycles. The number of aromatic hydroxyl groups is 1. The fourth-order valence-corrected chi connectivity index (χ4v) is 1.78. The summed E-state index contributed by atoms with van der Waals surface area (Å²) in [7, 11) is 0. The van der Waals surface area contributed by atoms with Crippen molar-refractivity contribution in [3.63, 3.8) is 0 Å². The summed E-state index contributed by atoms with van der Waals surface area (Å²) in [4.78, 5) is 0. The maximum absolute atomic E-state index is 13.6. The van der Waals surface area contributed by atoms with Crippen LogP contribution in [0.25, 0.3) is 5.69 Å². The number of nitrogens with zero attached hydrogens (tertiary/aromatic N) is 2. The van der Waals surface area contributed by atoms with E-state index >= 15 is 0 Å². The molecule has 0 radical (unpaired) electrons. The molecular weight excluding hydrogens is 259 g/mol. The molecule has 0 spiro atoms. The van der Waals surface area contributed by atoms with Crippen LogP contribution < -0.4 is 4.74 Å². The summed E-state index contributed by atoms with van der Waals surface area (Å²) in [5, 5.41) is 13.3. The van der Waals surface area contributed by atoms with Gasteiger partial charge in [0.1, 0.15) is 23.0 Å². The summed E-state index contributed by atoms with van der Waals surface area (Å²) in [6.07, 6.45) is 3.09. The van der Waals surface area contributed by atoms with Crippen molar-refractivity contribution in [3.8, 4) is 22.9 Å². The van der Waals surface area contributed by atoms with Crippen LogP contribution in [0.5, 0.6) is 17.2 Å². The third-order valence-corrected chi connectivity index (χ3v) is 2.73. The highest BCUT2D eigenvalue weighted by atomic mass is 19.1. The van der Waals surface area contributed by atoms with Crippen molar-refractivity contribution in [2.75, 3.05) is 0 Å². The molecule has 4 nitrogen and oxygen atoms in total. The van der Waals surface area contributed by atoms with Crippen LogP contribution in [0.3, 0.4) is 0 Å². The first kappa shape index (κ1) is 12.2. The van der Waals surface area contributed by atoms with E-state index in [4.69, 9.17) is 4.74 Å². The van der Waals surface area contributed by atoms with Crippen molar-refractivity contribution >= 4 is 0 Å². The SMILES string of the molecule is Oc1ccc(Oc2cnn(-c3ccccc3F)c2)cc1. The van der Waals surface area contributed by atoms with E-state index in [2.05, 4.69) is 5.10 Å². The van der Waals surface area contributed by atoms with E-state index < -0.39 is 0 Å². The number of phenols is 1. The molecule has 100 valence electrons. The number of phenolic OH excluding ortho intramolecular Hbond substituents is 1. The third-order valence-electron chi connectivity index (χ3n) is 2.73. The number of halogens is 1. The summed E-state index contributed by atoms with van der Waals surface area (Å²) in [6, 6.07) is 12.7. The Morgan fingerprint density at radius 2 is 1.75 bits per heavy atom. The Morgan fingerprint density at radius 1 is 1.00 bits per heavy atom. The summed E-state index contributed by atoms with van der Waals surface area (Å²) in [5.41, 5.74) is 0.355. The van der Waals surface area contributed by atoms with E-state index in [0.29, 0.717) is 17.2 Å². The van der Waals surface area contributed by atoms with Crippen LogP contribution in [0.2, 0.25) is 0 Å². The van der Waals surface area contributed by atoms with Crippen molar-refractivity contribution in [2.24, 2.45) is 0 Å². The number of benzene rings is 2. The van der Waals surface area contributed by atoms with Gasteiger partial charge in [-0.2, -0.15) is 5.10 Å². The van der Waals surface area contributed by atoms with E-state index in [1.807, 2.05) is 0 Å². The predicted molar refractivity (Wildman–Crippen MR) is 71.7 cm³/mol. The Labute approximate surface area is 114 Å². The molecule has 0 fully saturated rings. The number of para-hydroxylation sites is 1. The van der Waals surface area contributed by atoms with Gasteiger partial charge in [-0.05, 0) is 36.4 Å². The van der Waals surface area contributed by atoms with E-state index in [1.54, 1.807) is 36.5 Å². The minimum Gasteiger partial charge on any atom is -0.508 e. The Kier molecular flexibility index (Phi) is 3.09. The van der Waals surface area contributed by atoms with E-state index in [-0.39, 0.29) is 11.6 Å². The standard InChI is InChI=1S/C15H11FN2O2/c16-14-3-1-2-4-15(14)18-10-13(9-17-18)20-12-7-5-11(19)6-8-12/h1-10,19H. The van der Waals surface area contributed by atoms with Crippen LogP contribution in [0.1, 0.15) is 0 Å². The van der Waals surface area contributed by atoms with Gasteiger partial charge in [-0.3, -0.25) is 0 Å². The number of hydrogen-bond acceptors (Lipinski definition) is 3. The first-order valence-corrected chi connectivity index (χ1v) is 5.99. The highest BCUT2D eigenvalue weighted by Crippen LogP contribution is 2.24. The maximum Gasteiger partial charge on any atom is 0.165 e. The van der Waals surface area contributed by atoms with Crippen molar-refractivity contribution in [3.05, 3.63) is 66.7 Å². The van der Waals surface area contributed by atoms with E-state index in [9.17, 15) is 9.50 Å². The van der Waals surface area contributed by atoms with Gasteiger partial charge in [0.2, 0.25) is 0 Å². The lowest BCUT2D eigenvalue weighted by molar-refractivity contribution is 0.464. The summed E-state index contributed by atoms with van der Waals surface area (Å²) in [5.74, 6) is 0.862. The van der Waals surface area contributed by atoms with Crippen molar-refractivity contribution in [2.45, 2.75) is 0 Å². The van der Waals surface area contributed by atoms with Gasteiger partial charge in [0.15, 0.2) is 5.75 Å². The predicted octanol–water partition coefficient (Wildman–Crippen LogP) is 3.51. The molecule has 0 atom stereocenters. The molecule has 0 aliphatic heterocycles. The Morgan fingerprint density at radius 3 is 2.50 bits per heavy atom. The first-order valence-electron chi connectivity index (χ1n) is 5.99. The van der Waals surface area contributed by atoms with Crippen molar-refractivity contribution in [1.82, 2.24) is 9.78 Å². The van der Waals surface area contributed by atoms with Crippen LogP contribution >= 0.6 is 0 Å². The molecule has 20 heavy (non-hydrogen) atoms. The molecule has 3 rings (SSSR count). The molecule has 1 N–H and O–H groups in total. The molecule has 5 heteroatoms. The molecule has 1 aromatic heterocycles. The summed E-state index contributed by atoms with van der Waals surface area (Å²) >= 11 is 0. The highest BCUT2D eigenvalue weighted by Gasteiger charge is 2.06. The molecular formula is C15H11FN2O2. The zero-order chi connectivity index (χ0) is 13.9. The Balaban J connectivity index is 1.84. The monoisotopic (exact) mass is 270 g/mol. The molecule has 0 unspecified atom stereocenters. The fraction of sp³-hybridized carbons (Fsp3) is 0. The molecule has 0 amide bonds. The molecule has 0 saturated carbocycles. The largest absolute Gasteiger partial charge is 0.508 e. The second-order valence-corrected chi connectivity index (χ2v) is 4.17. The first-order chi connectivity index (χ1) is 9.72. The molecule has 0 aliphatic carbocycles. The average Bonchev–Trinajstić information content (AvgIpc) is 2.90. The zero-order valence-corrected chi connectivity index (χ0v) is 10.4. The van der Waals surface area contributed by atoms with Crippen LogP contribution in [0, 0.1) is 5.82 Å². The number of aromatic nitrogens is 2. The fourth-order valence-electron chi connectivity index (χ4n) is 1.78. The third kappa shape index (κ3) is 2.47. The molecule has 0 bridgehead atoms. The van der Waals surface area contributed by atoms with Gasteiger partial charge in [-0.15, -0.1) is 0 Å². The Bertz CT molecular complexity index is 723. The van der Waals surface area contributed by atoms with Crippen LogP contribution in [0.15, 0.2) is 60.9 Å². The minimum absolute atomic E-state index is 0.166. The van der Waals surface area contributed by atoms with Gasteiger partial charge in [0.05, 0.1) is 12.4 Å². The second-order valence-electron chi connectivity index (χ2n) is 4.17. The van der Waals surface area contributed by atoms with E-state index in [0.717, 1.165) is 0 Å². The average molecular weight is 270 g/mol. The normalized spacial score (nSPS) is 10.4. The maximum atomic E-state index is 13.6. The number of rotatable bonds is 3. The smallest absolute Gasteiger partial charge is 0.165 e. The van der Waals surface area contributed by atoms with Gasteiger partial charge in [-0.25, -0.2) is 9.07 Å². The van der Waals surface area contributed by atoms with Crippen molar-refractivity contribution < 1.29 is 14.2 Å².